The molecule has 2 heterocycles. The van der Waals surface area contributed by atoms with Crippen LogP contribution in [0.4, 0.5) is 5.69 Å². The first-order valence-corrected chi connectivity index (χ1v) is 10.4. The van der Waals surface area contributed by atoms with Gasteiger partial charge in [0.25, 0.3) is 5.69 Å². The zero-order valence-electron chi connectivity index (χ0n) is 15.6. The SMILES string of the molecule is CCOC(=O)C1C(Cc2ccc([N+](=O)[O-])cc2)SC23CC=CCC2=NC=CC13. The van der Waals surface area contributed by atoms with Gasteiger partial charge in [0.15, 0.2) is 0 Å². The average Bonchev–Trinajstić information content (AvgIpc) is 3.00. The molecule has 1 aromatic rings. The Morgan fingerprint density at radius 2 is 2.14 bits per heavy atom. The summed E-state index contributed by atoms with van der Waals surface area (Å²) >= 11 is 1.83. The largest absolute Gasteiger partial charge is 0.466 e. The summed E-state index contributed by atoms with van der Waals surface area (Å²) in [7, 11) is 0. The Morgan fingerprint density at radius 1 is 1.36 bits per heavy atom. The predicted octanol–water partition coefficient (Wildman–Crippen LogP) is 4.11. The van der Waals surface area contributed by atoms with Gasteiger partial charge in [-0.1, -0.05) is 30.4 Å². The van der Waals surface area contributed by atoms with Gasteiger partial charge in [-0.2, -0.15) is 0 Å². The highest BCUT2D eigenvalue weighted by Crippen LogP contribution is 2.58. The number of carbonyl (C=O) groups is 1. The number of aliphatic imine (C=N–C) groups is 1. The summed E-state index contributed by atoms with van der Waals surface area (Å²) in [5.74, 6) is -0.366. The van der Waals surface area contributed by atoms with E-state index in [4.69, 9.17) is 4.74 Å². The molecule has 4 atom stereocenters. The first-order chi connectivity index (χ1) is 13.5. The fourth-order valence-corrected chi connectivity index (χ4v) is 6.58. The maximum atomic E-state index is 12.9. The first kappa shape index (κ1) is 18.9. The van der Waals surface area contributed by atoms with Gasteiger partial charge in [-0.3, -0.25) is 19.9 Å². The lowest BCUT2D eigenvalue weighted by Crippen LogP contribution is -2.44. The van der Waals surface area contributed by atoms with Crippen LogP contribution in [0.25, 0.3) is 0 Å². The lowest BCUT2D eigenvalue weighted by Gasteiger charge is -2.38. The number of ether oxygens (including phenoxy) is 1. The van der Waals surface area contributed by atoms with Crippen LogP contribution < -0.4 is 0 Å². The summed E-state index contributed by atoms with van der Waals surface area (Å²) in [4.78, 5) is 28.0. The van der Waals surface area contributed by atoms with Crippen LogP contribution in [0, 0.1) is 22.0 Å². The Kier molecular flexibility index (Phi) is 5.10. The zero-order chi connectivity index (χ0) is 19.7. The second-order valence-corrected chi connectivity index (χ2v) is 8.84. The van der Waals surface area contributed by atoms with Crippen LogP contribution in [0.5, 0.6) is 0 Å². The molecule has 0 bridgehead atoms. The van der Waals surface area contributed by atoms with Crippen molar-refractivity contribution < 1.29 is 14.5 Å². The van der Waals surface area contributed by atoms with E-state index in [1.165, 1.54) is 12.1 Å². The third kappa shape index (κ3) is 3.17. The van der Waals surface area contributed by atoms with E-state index in [1.54, 1.807) is 12.1 Å². The smallest absolute Gasteiger partial charge is 0.310 e. The van der Waals surface area contributed by atoms with E-state index < -0.39 is 4.92 Å². The summed E-state index contributed by atoms with van der Waals surface area (Å²) in [6.07, 6.45) is 10.6. The molecule has 0 saturated carbocycles. The van der Waals surface area contributed by atoms with E-state index >= 15 is 0 Å². The first-order valence-electron chi connectivity index (χ1n) is 9.52. The van der Waals surface area contributed by atoms with Gasteiger partial charge in [0, 0.05) is 41.6 Å². The molecule has 7 heteroatoms. The number of nitro groups is 1. The van der Waals surface area contributed by atoms with E-state index in [0.717, 1.165) is 24.1 Å². The number of carbonyl (C=O) groups excluding carboxylic acids is 1. The van der Waals surface area contributed by atoms with Gasteiger partial charge in [0.1, 0.15) is 0 Å². The van der Waals surface area contributed by atoms with Crippen molar-refractivity contribution in [3.63, 3.8) is 0 Å². The minimum atomic E-state index is -0.398. The second kappa shape index (κ2) is 7.54. The molecule has 0 amide bonds. The van der Waals surface area contributed by atoms with Gasteiger partial charge in [0.05, 0.1) is 22.2 Å². The van der Waals surface area contributed by atoms with Crippen molar-refractivity contribution in [3.8, 4) is 0 Å². The topological polar surface area (TPSA) is 81.8 Å². The van der Waals surface area contributed by atoms with Crippen LogP contribution in [0.2, 0.25) is 0 Å². The summed E-state index contributed by atoms with van der Waals surface area (Å²) < 4.78 is 5.25. The molecule has 28 heavy (non-hydrogen) atoms. The number of esters is 1. The average molecular weight is 398 g/mol. The quantitative estimate of drug-likeness (QED) is 0.323. The van der Waals surface area contributed by atoms with E-state index in [1.807, 2.05) is 24.9 Å². The lowest BCUT2D eigenvalue weighted by atomic mass is 9.72. The van der Waals surface area contributed by atoms with E-state index in [0.29, 0.717) is 13.0 Å². The van der Waals surface area contributed by atoms with Crippen LogP contribution in [0.1, 0.15) is 25.3 Å². The van der Waals surface area contributed by atoms with Crippen molar-refractivity contribution in [1.82, 2.24) is 0 Å². The molecule has 0 radical (unpaired) electrons. The Hall–Kier alpha value is -2.41. The van der Waals surface area contributed by atoms with Gasteiger partial charge in [-0.15, -0.1) is 11.8 Å². The maximum Gasteiger partial charge on any atom is 0.310 e. The zero-order valence-corrected chi connectivity index (χ0v) is 16.4. The number of non-ortho nitro benzene ring substituents is 1. The van der Waals surface area contributed by atoms with Gasteiger partial charge in [-0.05, 0) is 25.3 Å². The molecule has 1 saturated heterocycles. The molecular weight excluding hydrogens is 376 g/mol. The number of benzene rings is 1. The number of nitrogens with zero attached hydrogens (tertiary/aromatic N) is 2. The highest BCUT2D eigenvalue weighted by molar-refractivity contribution is 8.02. The molecule has 1 fully saturated rings. The summed E-state index contributed by atoms with van der Waals surface area (Å²) in [6.45, 7) is 2.18. The minimum Gasteiger partial charge on any atom is -0.466 e. The van der Waals surface area contributed by atoms with Crippen LogP contribution in [-0.2, 0) is 16.0 Å². The number of nitro benzene ring substituents is 1. The summed E-state index contributed by atoms with van der Waals surface area (Å²) in [5, 5.41) is 10.9. The standard InChI is InChI=1S/C21H22N2O4S/c1-2-27-20(24)19-16-10-12-22-18-5-3-4-11-21(16,18)28-17(19)13-14-6-8-15(9-7-14)23(25)26/h3-4,6-10,12,16-17,19H,2,5,11,13H2,1H3. The third-order valence-electron chi connectivity index (χ3n) is 5.74. The van der Waals surface area contributed by atoms with Gasteiger partial charge in [-0.25, -0.2) is 0 Å². The van der Waals surface area contributed by atoms with Crippen molar-refractivity contribution in [1.29, 1.82) is 0 Å². The van der Waals surface area contributed by atoms with Gasteiger partial charge < -0.3 is 4.74 Å². The second-order valence-electron chi connectivity index (χ2n) is 7.27. The molecule has 146 valence electrons. The molecule has 2 aliphatic heterocycles. The Balaban J connectivity index is 1.66. The van der Waals surface area contributed by atoms with Crippen molar-refractivity contribution in [2.24, 2.45) is 16.8 Å². The lowest BCUT2D eigenvalue weighted by molar-refractivity contribution is -0.384. The predicted molar refractivity (Wildman–Crippen MR) is 109 cm³/mol. The molecule has 0 N–H and O–H groups in total. The fourth-order valence-electron chi connectivity index (χ4n) is 4.49. The molecular formula is C21H22N2O4S. The fraction of sp³-hybridized carbons (Fsp3) is 0.429. The van der Waals surface area contributed by atoms with Crippen LogP contribution in [0.15, 0.2) is 53.7 Å². The van der Waals surface area contributed by atoms with Crippen LogP contribution >= 0.6 is 11.8 Å². The van der Waals surface area contributed by atoms with Gasteiger partial charge >= 0.3 is 5.97 Å². The summed E-state index contributed by atoms with van der Waals surface area (Å²) in [5.41, 5.74) is 2.20. The maximum absolute atomic E-state index is 12.9. The molecule has 3 aliphatic rings. The van der Waals surface area contributed by atoms with E-state index in [-0.39, 0.29) is 33.5 Å². The monoisotopic (exact) mass is 398 g/mol. The third-order valence-corrected chi connectivity index (χ3v) is 7.60. The molecule has 1 spiro atoms. The van der Waals surface area contributed by atoms with E-state index in [2.05, 4.69) is 23.2 Å². The number of thioether (sulfide) groups is 1. The minimum absolute atomic E-state index is 0.0324. The Bertz CT molecular complexity index is 877. The molecule has 6 nitrogen and oxygen atoms in total. The number of allylic oxidation sites excluding steroid dienone is 3. The number of hydrogen-bond donors (Lipinski definition) is 0. The molecule has 0 aromatic heterocycles. The van der Waals surface area contributed by atoms with Crippen LogP contribution in [0.3, 0.4) is 0 Å². The molecule has 4 rings (SSSR count). The summed E-state index contributed by atoms with van der Waals surface area (Å²) in [6, 6.07) is 6.61. The number of hydrogen-bond acceptors (Lipinski definition) is 6. The molecule has 1 aliphatic carbocycles. The van der Waals surface area contributed by atoms with E-state index in [9.17, 15) is 14.9 Å². The Labute approximate surface area is 167 Å². The van der Waals surface area contributed by atoms with Crippen molar-refractivity contribution in [2.45, 2.75) is 36.2 Å². The highest BCUT2D eigenvalue weighted by atomic mass is 32.2. The Morgan fingerprint density at radius 3 is 2.86 bits per heavy atom. The van der Waals surface area contributed by atoms with Crippen LogP contribution in [-0.4, -0.2) is 33.2 Å². The normalized spacial score (nSPS) is 30.3. The van der Waals surface area contributed by atoms with Crippen molar-refractivity contribution in [3.05, 3.63) is 64.4 Å². The highest BCUT2D eigenvalue weighted by Gasteiger charge is 2.58. The van der Waals surface area contributed by atoms with Crippen molar-refractivity contribution >= 4 is 29.1 Å². The van der Waals surface area contributed by atoms with Gasteiger partial charge in [0.2, 0.25) is 0 Å². The molecule has 1 aromatic carbocycles. The van der Waals surface area contributed by atoms with Crippen molar-refractivity contribution in [2.75, 3.05) is 6.61 Å². The molecule has 4 unspecified atom stereocenters. The number of rotatable bonds is 5.